The zero-order valence-corrected chi connectivity index (χ0v) is 15.1. The Morgan fingerprint density at radius 1 is 0.194 bits per heavy atom. The Bertz CT molecular complexity index is 654. The first-order valence-electron chi connectivity index (χ1n) is 7.54. The summed E-state index contributed by atoms with van der Waals surface area (Å²) in [6.07, 6.45) is -55.8. The number of hydrogen-bond acceptors (Lipinski definition) is 0. The maximum absolute atomic E-state index is 14.6. The van der Waals surface area contributed by atoms with Crippen molar-refractivity contribution in [2.45, 2.75) is 71.1 Å². The summed E-state index contributed by atoms with van der Waals surface area (Å²) >= 11 is 0. The monoisotopic (exact) mass is 600 g/mol. The molecule has 0 nitrogen and oxygen atoms in total. The van der Waals surface area contributed by atoms with Crippen LogP contribution in [0, 0.1) is 0 Å². The maximum atomic E-state index is 14.6. The number of alkyl halides is 24. The molecule has 0 aromatic heterocycles. The Kier molecular flexibility index (Phi) is 6.32. The molecule has 0 aromatic carbocycles. The Balaban J connectivity index is 5.13. The zero-order chi connectivity index (χ0) is 30.0. The van der Waals surface area contributed by atoms with Gasteiger partial charge in [-0.2, -0.15) is 79.0 Å². The normalized spacial score (nSPS) is 42.0. The zero-order valence-electron chi connectivity index (χ0n) is 15.1. The van der Waals surface area contributed by atoms with Gasteiger partial charge in [-0.25, -0.2) is 26.3 Å². The Morgan fingerprint density at radius 3 is 0.278 bits per heavy atom. The van der Waals surface area contributed by atoms with Gasteiger partial charge in [0.25, 0.3) is 34.0 Å². The van der Waals surface area contributed by atoms with Crippen LogP contribution < -0.4 is 0 Å². The fourth-order valence-electron chi connectivity index (χ4n) is 3.77. The van der Waals surface area contributed by atoms with Gasteiger partial charge in [0.2, 0.25) is 0 Å². The third kappa shape index (κ3) is 2.80. The second kappa shape index (κ2) is 7.04. The van der Waals surface area contributed by atoms with Crippen molar-refractivity contribution < 1.29 is 105 Å². The van der Waals surface area contributed by atoms with Gasteiger partial charge >= 0.3 is 37.1 Å². The lowest BCUT2D eigenvalue weighted by molar-refractivity contribution is -0.549. The molecule has 0 saturated heterocycles. The van der Waals surface area contributed by atoms with E-state index >= 15 is 0 Å². The summed E-state index contributed by atoms with van der Waals surface area (Å²) in [6, 6.07) is 0. The molecular formula is C12F24. The summed E-state index contributed by atoms with van der Waals surface area (Å²) in [5.41, 5.74) is -60.1. The molecule has 1 rings (SSSR count). The number of rotatable bonds is 0. The van der Waals surface area contributed by atoms with Crippen molar-refractivity contribution in [2.24, 2.45) is 0 Å². The highest BCUT2D eigenvalue weighted by atomic mass is 19.4. The van der Waals surface area contributed by atoms with E-state index in [0.29, 0.717) is 0 Å². The lowest BCUT2D eigenvalue weighted by Crippen LogP contribution is -3.01. The van der Waals surface area contributed by atoms with Gasteiger partial charge in [-0.3, -0.25) is 0 Å². The third-order valence-electron chi connectivity index (χ3n) is 5.19. The van der Waals surface area contributed by atoms with Crippen molar-refractivity contribution in [1.29, 1.82) is 0 Å². The average Bonchev–Trinajstić information content (AvgIpc) is 2.56. The van der Waals surface area contributed by atoms with Crippen LogP contribution in [0.15, 0.2) is 0 Å². The minimum Gasteiger partial charge on any atom is -0.225 e. The molecule has 24 heteroatoms. The highest BCUT2D eigenvalue weighted by molar-refractivity contribution is 5.47. The van der Waals surface area contributed by atoms with Gasteiger partial charge in [0, 0.05) is 0 Å². The van der Waals surface area contributed by atoms with Crippen molar-refractivity contribution in [3.8, 4) is 0 Å². The average molecular weight is 600 g/mol. The predicted octanol–water partition coefficient (Wildman–Crippen LogP) is 7.62. The molecule has 1 aliphatic carbocycles. The molecule has 36 heavy (non-hydrogen) atoms. The molecule has 216 valence electrons. The van der Waals surface area contributed by atoms with Gasteiger partial charge < -0.3 is 0 Å². The van der Waals surface area contributed by atoms with Crippen molar-refractivity contribution in [2.75, 3.05) is 0 Å². The first-order chi connectivity index (χ1) is 15.0. The SMILES string of the molecule is FC(F)(F)C1(F)C(F)(C(F)(F)F)C(F)(C(F)(F)F)C(F)(C(F)(F)F)C(F)(C(F)(F)F)C1(F)C(F)(F)F. The molecule has 0 bridgehead atoms. The van der Waals surface area contributed by atoms with Gasteiger partial charge in [-0.05, 0) is 0 Å². The largest absolute Gasteiger partial charge is 0.430 e. The first kappa shape index (κ1) is 32.3. The maximum Gasteiger partial charge on any atom is 0.430 e. The summed E-state index contributed by atoms with van der Waals surface area (Å²) in [6.45, 7) is 0. The summed E-state index contributed by atoms with van der Waals surface area (Å²) in [5, 5.41) is 0. The molecule has 0 amide bonds. The second-order valence-corrected chi connectivity index (χ2v) is 6.94. The molecule has 0 N–H and O–H groups in total. The number of halogens is 24. The molecule has 0 atom stereocenters. The molecule has 1 aliphatic rings. The van der Waals surface area contributed by atoms with E-state index in [1.54, 1.807) is 0 Å². The highest BCUT2D eigenvalue weighted by Gasteiger charge is 3.16. The molecule has 1 saturated carbocycles. The van der Waals surface area contributed by atoms with Gasteiger partial charge in [-0.15, -0.1) is 0 Å². The fraction of sp³-hybridized carbons (Fsp3) is 1.00. The van der Waals surface area contributed by atoms with Crippen LogP contribution in [-0.4, -0.2) is 71.1 Å². The molecular weight excluding hydrogens is 600 g/mol. The van der Waals surface area contributed by atoms with Crippen LogP contribution in [0.2, 0.25) is 0 Å². The highest BCUT2D eigenvalue weighted by Crippen LogP contribution is 2.82. The van der Waals surface area contributed by atoms with Crippen molar-refractivity contribution in [3.05, 3.63) is 0 Å². The lowest BCUT2D eigenvalue weighted by Gasteiger charge is -2.65. The van der Waals surface area contributed by atoms with Gasteiger partial charge in [-0.1, -0.05) is 0 Å². The lowest BCUT2D eigenvalue weighted by atomic mass is 9.46. The van der Waals surface area contributed by atoms with Crippen molar-refractivity contribution in [3.63, 3.8) is 0 Å². The van der Waals surface area contributed by atoms with E-state index in [1.807, 2.05) is 0 Å². The standard InChI is InChI=1S/C12F24/c13-1(7(19,20)21)2(14,8(22,23)24)4(16,10(28,29)30)6(18,12(34,35)36)5(17,11(31,32)33)3(1,15)9(25,26)27. The topological polar surface area (TPSA) is 0 Å². The van der Waals surface area contributed by atoms with Crippen LogP contribution in [0.4, 0.5) is 105 Å². The van der Waals surface area contributed by atoms with Crippen LogP contribution in [0.25, 0.3) is 0 Å². The Labute approximate surface area is 178 Å². The third-order valence-corrected chi connectivity index (χ3v) is 5.19. The smallest absolute Gasteiger partial charge is 0.225 e. The second-order valence-electron chi connectivity index (χ2n) is 6.94. The minimum atomic E-state index is -10.0. The summed E-state index contributed by atoms with van der Waals surface area (Å²) < 4.78 is 323. The van der Waals surface area contributed by atoms with Crippen LogP contribution in [0.1, 0.15) is 0 Å². The van der Waals surface area contributed by atoms with E-state index in [4.69, 9.17) is 0 Å². The van der Waals surface area contributed by atoms with E-state index in [2.05, 4.69) is 0 Å². The predicted molar refractivity (Wildman–Crippen MR) is 59.4 cm³/mol. The first-order valence-corrected chi connectivity index (χ1v) is 7.54. The molecule has 0 spiro atoms. The summed E-state index contributed by atoms with van der Waals surface area (Å²) in [7, 11) is 0. The van der Waals surface area contributed by atoms with Gasteiger partial charge in [0.15, 0.2) is 0 Å². The van der Waals surface area contributed by atoms with Crippen LogP contribution in [-0.2, 0) is 0 Å². The molecule has 1 fully saturated rings. The quantitative estimate of drug-likeness (QED) is 0.251. The van der Waals surface area contributed by atoms with E-state index < -0.39 is 71.1 Å². The number of hydrogen-bond donors (Lipinski definition) is 0. The van der Waals surface area contributed by atoms with E-state index in [9.17, 15) is 105 Å². The van der Waals surface area contributed by atoms with Crippen molar-refractivity contribution >= 4 is 0 Å². The Hall–Kier alpha value is -1.68. The van der Waals surface area contributed by atoms with Crippen molar-refractivity contribution in [1.82, 2.24) is 0 Å². The molecule has 0 radical (unpaired) electrons. The van der Waals surface area contributed by atoms with Gasteiger partial charge in [0.1, 0.15) is 0 Å². The van der Waals surface area contributed by atoms with E-state index in [1.165, 1.54) is 0 Å². The van der Waals surface area contributed by atoms with E-state index in [-0.39, 0.29) is 0 Å². The molecule has 0 aromatic rings. The van der Waals surface area contributed by atoms with E-state index in [0.717, 1.165) is 0 Å². The van der Waals surface area contributed by atoms with Crippen LogP contribution in [0.3, 0.4) is 0 Å². The van der Waals surface area contributed by atoms with Crippen LogP contribution in [0.5, 0.6) is 0 Å². The van der Waals surface area contributed by atoms with Gasteiger partial charge in [0.05, 0.1) is 0 Å². The fourth-order valence-corrected chi connectivity index (χ4v) is 3.77. The minimum absolute atomic E-state index is 9.29. The molecule has 0 heterocycles. The molecule has 0 aliphatic heterocycles. The Morgan fingerprint density at radius 2 is 0.250 bits per heavy atom. The van der Waals surface area contributed by atoms with Crippen LogP contribution >= 0.6 is 0 Å². The molecule has 0 unspecified atom stereocenters. The summed E-state index contributed by atoms with van der Waals surface area (Å²) in [4.78, 5) is 0. The summed E-state index contributed by atoms with van der Waals surface area (Å²) in [5.74, 6) is 0.